The highest BCUT2D eigenvalue weighted by Gasteiger charge is 2.20. The Balaban J connectivity index is 1.49. The molecular formula is C19H22N4OS. The molecule has 1 saturated heterocycles. The summed E-state index contributed by atoms with van der Waals surface area (Å²) in [4.78, 5) is 26.8. The topological polar surface area (TPSA) is 52.2 Å². The Morgan fingerprint density at radius 1 is 1.12 bits per heavy atom. The van der Waals surface area contributed by atoms with Gasteiger partial charge < -0.3 is 4.90 Å². The zero-order valence-corrected chi connectivity index (χ0v) is 15.4. The molecule has 2 aromatic heterocycles. The normalized spacial score (nSPS) is 15.8. The van der Waals surface area contributed by atoms with Crippen molar-refractivity contribution in [3.8, 4) is 0 Å². The number of fused-ring (bicyclic) bond motifs is 1. The molecule has 0 amide bonds. The first kappa shape index (κ1) is 16.3. The van der Waals surface area contributed by atoms with Crippen molar-refractivity contribution in [3.63, 3.8) is 0 Å². The lowest BCUT2D eigenvalue weighted by Gasteiger charge is -2.34. The summed E-state index contributed by atoms with van der Waals surface area (Å²) in [5, 5.41) is 0.744. The van der Waals surface area contributed by atoms with Gasteiger partial charge in [-0.15, -0.1) is 11.3 Å². The zero-order chi connectivity index (χ0) is 17.4. The van der Waals surface area contributed by atoms with E-state index in [-0.39, 0.29) is 5.56 Å². The summed E-state index contributed by atoms with van der Waals surface area (Å²) in [5.41, 5.74) is 2.37. The molecule has 1 N–H and O–H groups in total. The van der Waals surface area contributed by atoms with Crippen LogP contribution in [0.25, 0.3) is 10.2 Å². The molecule has 6 heteroatoms. The van der Waals surface area contributed by atoms with Crippen LogP contribution in [0.1, 0.15) is 16.0 Å². The van der Waals surface area contributed by atoms with Gasteiger partial charge in [0.15, 0.2) is 0 Å². The largest absolute Gasteiger partial charge is 0.340 e. The third-order valence-electron chi connectivity index (χ3n) is 4.95. The van der Waals surface area contributed by atoms with Crippen LogP contribution in [0.5, 0.6) is 0 Å². The average Bonchev–Trinajstić information content (AvgIpc) is 2.91. The molecule has 0 unspecified atom stereocenters. The van der Waals surface area contributed by atoms with Crippen molar-refractivity contribution in [1.29, 1.82) is 0 Å². The summed E-state index contributed by atoms with van der Waals surface area (Å²) >= 11 is 1.61. The molecular weight excluding hydrogens is 332 g/mol. The number of H-pyrrole nitrogens is 1. The maximum Gasteiger partial charge on any atom is 0.261 e. The maximum atomic E-state index is 12.5. The van der Waals surface area contributed by atoms with Gasteiger partial charge in [0.2, 0.25) is 5.95 Å². The molecule has 1 fully saturated rings. The minimum atomic E-state index is -0.0198. The Hall–Kier alpha value is -2.18. The summed E-state index contributed by atoms with van der Waals surface area (Å²) in [7, 11) is 0. The molecule has 0 spiro atoms. The summed E-state index contributed by atoms with van der Waals surface area (Å²) in [5.74, 6) is 0.707. The van der Waals surface area contributed by atoms with Crippen LogP contribution in [-0.4, -0.2) is 41.0 Å². The number of piperazine rings is 1. The number of aromatic nitrogens is 2. The highest BCUT2D eigenvalue weighted by Crippen LogP contribution is 2.27. The Morgan fingerprint density at radius 2 is 1.84 bits per heavy atom. The Morgan fingerprint density at radius 3 is 2.56 bits per heavy atom. The number of rotatable bonds is 3. The highest BCUT2D eigenvalue weighted by molar-refractivity contribution is 7.18. The standard InChI is InChI=1S/C19H22N4OS/c1-13-14(2)25-18-16(13)17(24)20-19(21-18)23-10-8-22(9-11-23)12-15-6-4-3-5-7-15/h3-7H,8-12H2,1-2H3,(H,20,21,24). The fraction of sp³-hybridized carbons (Fsp3) is 0.368. The molecule has 3 heterocycles. The van der Waals surface area contributed by atoms with Gasteiger partial charge in [0.05, 0.1) is 5.39 Å². The van der Waals surface area contributed by atoms with E-state index in [0.717, 1.165) is 53.4 Å². The van der Waals surface area contributed by atoms with Crippen molar-refractivity contribution in [3.05, 3.63) is 56.7 Å². The molecule has 0 saturated carbocycles. The second-order valence-electron chi connectivity index (χ2n) is 6.60. The van der Waals surface area contributed by atoms with E-state index < -0.39 is 0 Å². The van der Waals surface area contributed by atoms with Crippen LogP contribution in [0.15, 0.2) is 35.1 Å². The SMILES string of the molecule is Cc1sc2nc(N3CCN(Cc4ccccc4)CC3)[nH]c(=O)c2c1C. The van der Waals surface area contributed by atoms with Crippen molar-refractivity contribution in [1.82, 2.24) is 14.9 Å². The van der Waals surface area contributed by atoms with Gasteiger partial charge in [-0.25, -0.2) is 4.98 Å². The fourth-order valence-corrected chi connectivity index (χ4v) is 4.38. The van der Waals surface area contributed by atoms with Crippen LogP contribution in [0.4, 0.5) is 5.95 Å². The van der Waals surface area contributed by atoms with Crippen LogP contribution in [0, 0.1) is 13.8 Å². The van der Waals surface area contributed by atoms with Gasteiger partial charge in [0.1, 0.15) is 4.83 Å². The summed E-state index contributed by atoms with van der Waals surface area (Å²) in [6, 6.07) is 10.6. The molecule has 1 aliphatic heterocycles. The van der Waals surface area contributed by atoms with Crippen LogP contribution in [-0.2, 0) is 6.54 Å². The minimum Gasteiger partial charge on any atom is -0.340 e. The number of anilines is 1. The Labute approximate surface area is 150 Å². The minimum absolute atomic E-state index is 0.0198. The molecule has 0 atom stereocenters. The number of nitrogens with zero attached hydrogens (tertiary/aromatic N) is 3. The number of hydrogen-bond donors (Lipinski definition) is 1. The summed E-state index contributed by atoms with van der Waals surface area (Å²) < 4.78 is 0. The van der Waals surface area contributed by atoms with E-state index in [4.69, 9.17) is 4.98 Å². The lowest BCUT2D eigenvalue weighted by Crippen LogP contribution is -2.46. The first-order valence-corrected chi connectivity index (χ1v) is 9.45. The van der Waals surface area contributed by atoms with E-state index in [1.807, 2.05) is 19.9 Å². The van der Waals surface area contributed by atoms with E-state index in [1.165, 1.54) is 5.56 Å². The molecule has 0 radical (unpaired) electrons. The lowest BCUT2D eigenvalue weighted by molar-refractivity contribution is 0.249. The lowest BCUT2D eigenvalue weighted by atomic mass is 10.2. The molecule has 130 valence electrons. The first-order valence-electron chi connectivity index (χ1n) is 8.63. The van der Waals surface area contributed by atoms with Crippen LogP contribution in [0.2, 0.25) is 0 Å². The monoisotopic (exact) mass is 354 g/mol. The van der Waals surface area contributed by atoms with Crippen molar-refractivity contribution < 1.29 is 0 Å². The molecule has 25 heavy (non-hydrogen) atoms. The van der Waals surface area contributed by atoms with Gasteiger partial charge in [-0.2, -0.15) is 0 Å². The highest BCUT2D eigenvalue weighted by atomic mass is 32.1. The van der Waals surface area contributed by atoms with Gasteiger partial charge in [0.25, 0.3) is 5.56 Å². The quantitative estimate of drug-likeness (QED) is 0.786. The van der Waals surface area contributed by atoms with E-state index >= 15 is 0 Å². The second kappa shape index (κ2) is 6.61. The van der Waals surface area contributed by atoms with Crippen molar-refractivity contribution in [2.24, 2.45) is 0 Å². The van der Waals surface area contributed by atoms with Gasteiger partial charge in [-0.05, 0) is 25.0 Å². The fourth-order valence-electron chi connectivity index (χ4n) is 3.35. The molecule has 0 bridgehead atoms. The second-order valence-corrected chi connectivity index (χ2v) is 7.80. The predicted octanol–water partition coefficient (Wildman–Crippen LogP) is 2.92. The molecule has 4 rings (SSSR count). The molecule has 5 nitrogen and oxygen atoms in total. The van der Waals surface area contributed by atoms with Crippen LogP contribution >= 0.6 is 11.3 Å². The predicted molar refractivity (Wildman–Crippen MR) is 104 cm³/mol. The smallest absolute Gasteiger partial charge is 0.261 e. The van der Waals surface area contributed by atoms with Crippen LogP contribution < -0.4 is 10.5 Å². The third-order valence-corrected chi connectivity index (χ3v) is 6.05. The van der Waals surface area contributed by atoms with Crippen molar-refractivity contribution in [2.75, 3.05) is 31.1 Å². The number of aryl methyl sites for hydroxylation is 2. The van der Waals surface area contributed by atoms with E-state index in [2.05, 4.69) is 39.0 Å². The third kappa shape index (κ3) is 3.19. The van der Waals surface area contributed by atoms with E-state index in [1.54, 1.807) is 11.3 Å². The summed E-state index contributed by atoms with van der Waals surface area (Å²) in [6.45, 7) is 8.71. The van der Waals surface area contributed by atoms with Gasteiger partial charge in [-0.1, -0.05) is 30.3 Å². The van der Waals surface area contributed by atoms with Crippen LogP contribution in [0.3, 0.4) is 0 Å². The first-order chi connectivity index (χ1) is 12.1. The van der Waals surface area contributed by atoms with Gasteiger partial charge >= 0.3 is 0 Å². The number of hydrogen-bond acceptors (Lipinski definition) is 5. The molecule has 0 aliphatic carbocycles. The van der Waals surface area contributed by atoms with Gasteiger partial charge in [0, 0.05) is 37.6 Å². The average molecular weight is 354 g/mol. The summed E-state index contributed by atoms with van der Waals surface area (Å²) in [6.07, 6.45) is 0. The number of thiophene rings is 1. The van der Waals surface area contributed by atoms with Gasteiger partial charge in [-0.3, -0.25) is 14.7 Å². The molecule has 1 aromatic carbocycles. The number of benzene rings is 1. The Kier molecular flexibility index (Phi) is 4.31. The molecule has 3 aromatic rings. The van der Waals surface area contributed by atoms with Crippen molar-refractivity contribution in [2.45, 2.75) is 20.4 Å². The van der Waals surface area contributed by atoms with Crippen molar-refractivity contribution >= 4 is 27.5 Å². The Bertz CT molecular complexity index is 939. The molecule has 1 aliphatic rings. The number of nitrogens with one attached hydrogen (secondary N) is 1. The zero-order valence-electron chi connectivity index (χ0n) is 14.6. The maximum absolute atomic E-state index is 12.5. The van der Waals surface area contributed by atoms with E-state index in [9.17, 15) is 4.79 Å². The number of aromatic amines is 1. The van der Waals surface area contributed by atoms with E-state index in [0.29, 0.717) is 5.95 Å².